The van der Waals surface area contributed by atoms with Gasteiger partial charge in [-0.15, -0.1) is 0 Å². The number of ether oxygens (including phenoxy) is 1. The van der Waals surface area contributed by atoms with Crippen molar-refractivity contribution in [2.75, 3.05) is 19.6 Å². The molecular weight excluding hydrogens is 452 g/mol. The van der Waals surface area contributed by atoms with E-state index in [1.54, 1.807) is 12.4 Å². The second-order valence-corrected chi connectivity index (χ2v) is 9.67. The molecule has 184 valence electrons. The first kappa shape index (κ1) is 22.7. The molecule has 1 aromatic carbocycles. The van der Waals surface area contributed by atoms with Crippen LogP contribution in [0.15, 0.2) is 60.9 Å². The average molecular weight is 483 g/mol. The molecule has 0 radical (unpaired) electrons. The summed E-state index contributed by atoms with van der Waals surface area (Å²) in [7, 11) is 0. The molecule has 8 heteroatoms. The summed E-state index contributed by atoms with van der Waals surface area (Å²) in [5.74, 6) is 1.62. The zero-order chi connectivity index (χ0) is 24.3. The lowest BCUT2D eigenvalue weighted by atomic mass is 9.99. The molecule has 0 spiro atoms. The number of carbonyl (C=O) groups is 1. The van der Waals surface area contributed by atoms with Gasteiger partial charge in [0.05, 0.1) is 16.9 Å². The average Bonchev–Trinajstić information content (AvgIpc) is 3.45. The molecule has 5 heterocycles. The number of nitrogens with zero attached hydrogens (tertiary/aromatic N) is 5. The summed E-state index contributed by atoms with van der Waals surface area (Å²) in [6, 6.07) is 16.3. The smallest absolute Gasteiger partial charge is 0.222 e. The van der Waals surface area contributed by atoms with Crippen LogP contribution in [0.4, 0.5) is 0 Å². The zero-order valence-corrected chi connectivity index (χ0v) is 20.3. The van der Waals surface area contributed by atoms with Gasteiger partial charge in [0.25, 0.3) is 0 Å². The van der Waals surface area contributed by atoms with E-state index in [0.717, 1.165) is 91.9 Å². The zero-order valence-electron chi connectivity index (χ0n) is 20.3. The van der Waals surface area contributed by atoms with Gasteiger partial charge in [-0.05, 0) is 62.1 Å². The van der Waals surface area contributed by atoms with E-state index in [2.05, 4.69) is 37.1 Å². The van der Waals surface area contributed by atoms with Crippen molar-refractivity contribution >= 4 is 16.8 Å². The molecular formula is C28H30N6O2. The van der Waals surface area contributed by atoms with Crippen LogP contribution in [0.5, 0.6) is 11.6 Å². The third-order valence-corrected chi connectivity index (χ3v) is 7.23. The first-order chi connectivity index (χ1) is 17.7. The van der Waals surface area contributed by atoms with Crippen molar-refractivity contribution in [1.82, 2.24) is 30.0 Å². The largest absolute Gasteiger partial charge is 0.439 e. The van der Waals surface area contributed by atoms with Gasteiger partial charge in [0.15, 0.2) is 0 Å². The van der Waals surface area contributed by atoms with Crippen LogP contribution in [0.1, 0.15) is 37.8 Å². The molecule has 8 nitrogen and oxygen atoms in total. The van der Waals surface area contributed by atoms with Crippen LogP contribution < -0.4 is 4.74 Å². The number of H-pyrrole nitrogens is 1. The molecule has 2 saturated heterocycles. The minimum Gasteiger partial charge on any atom is -0.439 e. The molecule has 6 rings (SSSR count). The molecule has 0 unspecified atom stereocenters. The van der Waals surface area contributed by atoms with E-state index in [0.29, 0.717) is 17.8 Å². The van der Waals surface area contributed by atoms with Crippen LogP contribution in [0.25, 0.3) is 22.2 Å². The third kappa shape index (κ3) is 4.95. The van der Waals surface area contributed by atoms with Crippen molar-refractivity contribution in [3.05, 3.63) is 66.6 Å². The molecule has 0 saturated carbocycles. The lowest BCUT2D eigenvalue weighted by Gasteiger charge is -2.40. The Labute approximate surface area is 210 Å². The molecule has 3 aromatic heterocycles. The molecule has 0 bridgehead atoms. The highest BCUT2D eigenvalue weighted by molar-refractivity contribution is 5.80. The number of aromatic amines is 1. The predicted molar refractivity (Wildman–Crippen MR) is 137 cm³/mol. The van der Waals surface area contributed by atoms with Crippen molar-refractivity contribution in [2.24, 2.45) is 0 Å². The summed E-state index contributed by atoms with van der Waals surface area (Å²) >= 11 is 0. The Morgan fingerprint density at radius 1 is 1.00 bits per heavy atom. The maximum absolute atomic E-state index is 12.3. The van der Waals surface area contributed by atoms with Gasteiger partial charge in [-0.1, -0.05) is 6.07 Å². The maximum Gasteiger partial charge on any atom is 0.222 e. The molecule has 1 amide bonds. The van der Waals surface area contributed by atoms with Gasteiger partial charge < -0.3 is 9.64 Å². The fraction of sp³-hybridized carbons (Fsp3) is 0.357. The normalized spacial score (nSPS) is 17.6. The summed E-state index contributed by atoms with van der Waals surface area (Å²) in [6.07, 6.45) is 8.51. The van der Waals surface area contributed by atoms with Gasteiger partial charge in [0, 0.05) is 68.1 Å². The van der Waals surface area contributed by atoms with Crippen LogP contribution in [-0.2, 0) is 11.3 Å². The summed E-state index contributed by atoms with van der Waals surface area (Å²) < 4.78 is 5.98. The molecule has 4 aromatic rings. The monoisotopic (exact) mass is 482 g/mol. The number of hydrogen-bond acceptors (Lipinski definition) is 6. The predicted octanol–water partition coefficient (Wildman–Crippen LogP) is 4.79. The molecule has 1 N–H and O–H groups in total. The summed E-state index contributed by atoms with van der Waals surface area (Å²) in [5.41, 5.74) is 3.90. The number of carbonyl (C=O) groups excluding carboxylic acids is 1. The minimum atomic E-state index is 0.348. The van der Waals surface area contributed by atoms with Gasteiger partial charge >= 0.3 is 0 Å². The number of fused-ring (bicyclic) bond motifs is 1. The van der Waals surface area contributed by atoms with E-state index in [4.69, 9.17) is 9.72 Å². The van der Waals surface area contributed by atoms with Crippen LogP contribution >= 0.6 is 0 Å². The SMILES string of the molecule is O=C1CCCCN1C1CCN(Cc2ccc3cc(Oc4ccc(-c5ccn[nH]5)cn4)ccc3n2)CC1. The van der Waals surface area contributed by atoms with E-state index in [9.17, 15) is 4.79 Å². The topological polar surface area (TPSA) is 87.2 Å². The van der Waals surface area contributed by atoms with Crippen LogP contribution in [0, 0.1) is 0 Å². The van der Waals surface area contributed by atoms with E-state index < -0.39 is 0 Å². The number of pyridine rings is 2. The number of piperidine rings is 2. The van der Waals surface area contributed by atoms with Gasteiger partial charge in [-0.25, -0.2) is 4.98 Å². The molecule has 2 aliphatic heterocycles. The van der Waals surface area contributed by atoms with Crippen molar-refractivity contribution in [3.8, 4) is 22.9 Å². The molecule has 2 fully saturated rings. The standard InChI is InChI=1S/C28H30N6O2/c35-28-3-1-2-14-34(28)23-11-15-33(16-12-23)19-22-6-4-20-17-24(7-8-25(20)31-22)36-27-9-5-21(18-29-27)26-10-13-30-32-26/h4-10,13,17-18,23H,1-3,11-12,14-16,19H2,(H,30,32). The number of aromatic nitrogens is 4. The van der Waals surface area contributed by atoms with Gasteiger partial charge in [-0.3, -0.25) is 19.8 Å². The first-order valence-corrected chi connectivity index (χ1v) is 12.8. The van der Waals surface area contributed by atoms with E-state index in [1.165, 1.54) is 0 Å². The van der Waals surface area contributed by atoms with Gasteiger partial charge in [-0.2, -0.15) is 5.10 Å². The molecule has 36 heavy (non-hydrogen) atoms. The highest BCUT2D eigenvalue weighted by Gasteiger charge is 2.29. The number of likely N-dealkylation sites (tertiary alicyclic amines) is 2. The Balaban J connectivity index is 1.07. The molecule has 0 atom stereocenters. The van der Waals surface area contributed by atoms with Crippen molar-refractivity contribution in [2.45, 2.75) is 44.7 Å². The van der Waals surface area contributed by atoms with Crippen LogP contribution in [0.2, 0.25) is 0 Å². The third-order valence-electron chi connectivity index (χ3n) is 7.23. The highest BCUT2D eigenvalue weighted by atomic mass is 16.5. The fourth-order valence-electron chi connectivity index (χ4n) is 5.27. The van der Waals surface area contributed by atoms with E-state index in [1.807, 2.05) is 36.4 Å². The maximum atomic E-state index is 12.3. The van der Waals surface area contributed by atoms with Crippen LogP contribution in [-0.4, -0.2) is 61.5 Å². The lowest BCUT2D eigenvalue weighted by molar-refractivity contribution is -0.136. The fourth-order valence-corrected chi connectivity index (χ4v) is 5.27. The first-order valence-electron chi connectivity index (χ1n) is 12.8. The summed E-state index contributed by atoms with van der Waals surface area (Å²) in [5, 5.41) is 7.94. The second kappa shape index (κ2) is 10.1. The Morgan fingerprint density at radius 3 is 2.69 bits per heavy atom. The van der Waals surface area contributed by atoms with Crippen LogP contribution in [0.3, 0.4) is 0 Å². The number of rotatable bonds is 6. The quantitative estimate of drug-likeness (QED) is 0.425. The molecule has 2 aliphatic rings. The highest BCUT2D eigenvalue weighted by Crippen LogP contribution is 2.27. The Bertz CT molecular complexity index is 1330. The molecule has 0 aliphatic carbocycles. The number of nitrogens with one attached hydrogen (secondary N) is 1. The summed E-state index contributed by atoms with van der Waals surface area (Å²) in [6.45, 7) is 3.79. The number of benzene rings is 1. The minimum absolute atomic E-state index is 0.348. The number of hydrogen-bond donors (Lipinski definition) is 1. The van der Waals surface area contributed by atoms with Crippen molar-refractivity contribution in [3.63, 3.8) is 0 Å². The lowest BCUT2D eigenvalue weighted by Crippen LogP contribution is -2.48. The van der Waals surface area contributed by atoms with Gasteiger partial charge in [0.2, 0.25) is 11.8 Å². The van der Waals surface area contributed by atoms with E-state index >= 15 is 0 Å². The summed E-state index contributed by atoms with van der Waals surface area (Å²) in [4.78, 5) is 26.2. The number of amides is 1. The Morgan fingerprint density at radius 2 is 1.92 bits per heavy atom. The second-order valence-electron chi connectivity index (χ2n) is 9.67. The van der Waals surface area contributed by atoms with Crippen molar-refractivity contribution < 1.29 is 9.53 Å². The van der Waals surface area contributed by atoms with Crippen molar-refractivity contribution in [1.29, 1.82) is 0 Å². The Hall–Kier alpha value is -3.78. The van der Waals surface area contributed by atoms with E-state index in [-0.39, 0.29) is 0 Å². The van der Waals surface area contributed by atoms with Gasteiger partial charge in [0.1, 0.15) is 5.75 Å². The Kier molecular flexibility index (Phi) is 6.34.